The number of hydrogen-bond donors (Lipinski definition) is 0. The van der Waals surface area contributed by atoms with Crippen LogP contribution < -0.4 is 5.69 Å². The molecule has 0 bridgehead atoms. The van der Waals surface area contributed by atoms with Crippen LogP contribution in [0.5, 0.6) is 0 Å². The van der Waals surface area contributed by atoms with Crippen molar-refractivity contribution in [1.29, 1.82) is 0 Å². The predicted molar refractivity (Wildman–Crippen MR) is 46.4 cm³/mol. The van der Waals surface area contributed by atoms with E-state index in [0.29, 0.717) is 6.54 Å². The number of aryl methyl sites for hydroxylation is 1. The van der Waals surface area contributed by atoms with Gasteiger partial charge in [0.1, 0.15) is 6.33 Å². The van der Waals surface area contributed by atoms with E-state index in [1.807, 2.05) is 7.05 Å². The van der Waals surface area contributed by atoms with Crippen molar-refractivity contribution in [1.82, 2.24) is 14.3 Å². The fourth-order valence-corrected chi connectivity index (χ4v) is 1.58. The molecular weight excluding hydrogens is 170 g/mol. The predicted octanol–water partition coefficient (Wildman–Crippen LogP) is -0.239. The summed E-state index contributed by atoms with van der Waals surface area (Å²) in [5.41, 5.74) is -0.196. The monoisotopic (exact) mass is 183 g/mol. The smallest absolute Gasteiger partial charge is 0.363 e. The van der Waals surface area contributed by atoms with Gasteiger partial charge in [0, 0.05) is 13.7 Å². The Balaban J connectivity index is 2.12. The van der Waals surface area contributed by atoms with Crippen LogP contribution in [-0.2, 0) is 18.3 Å². The normalized spacial score (nSPS) is 22.4. The summed E-state index contributed by atoms with van der Waals surface area (Å²) in [6.45, 7) is 1.44. The maximum Gasteiger partial charge on any atom is 0.363 e. The Morgan fingerprint density at radius 3 is 3.15 bits per heavy atom. The summed E-state index contributed by atoms with van der Waals surface area (Å²) in [4.78, 5) is 14.9. The van der Waals surface area contributed by atoms with Gasteiger partial charge in [0.25, 0.3) is 0 Å². The van der Waals surface area contributed by atoms with E-state index in [0.717, 1.165) is 19.4 Å². The fraction of sp³-hybridized carbons (Fsp3) is 0.750. The largest absolute Gasteiger partial charge is 0.376 e. The summed E-state index contributed by atoms with van der Waals surface area (Å²) in [6, 6.07) is 0. The standard InChI is InChI=1S/C8H13N3O2/c1-10-6-9-8(12)11(10)5-7-3-2-4-13-7/h6-7H,2-5H2,1H3/t7-/m1/s1. The van der Waals surface area contributed by atoms with Crippen LogP contribution in [0.2, 0.25) is 0 Å². The van der Waals surface area contributed by atoms with Crippen molar-refractivity contribution in [2.75, 3.05) is 6.61 Å². The minimum absolute atomic E-state index is 0.188. The molecule has 5 heteroatoms. The quantitative estimate of drug-likeness (QED) is 0.636. The molecule has 2 heterocycles. The molecule has 72 valence electrons. The van der Waals surface area contributed by atoms with E-state index in [1.165, 1.54) is 6.33 Å². The molecule has 1 fully saturated rings. The number of rotatable bonds is 2. The maximum absolute atomic E-state index is 11.2. The lowest BCUT2D eigenvalue weighted by Gasteiger charge is -2.10. The molecule has 0 amide bonds. The van der Waals surface area contributed by atoms with Crippen LogP contribution in [0.4, 0.5) is 0 Å². The van der Waals surface area contributed by atoms with Crippen LogP contribution in [0.25, 0.3) is 0 Å². The Hall–Kier alpha value is -1.10. The number of aromatic nitrogens is 3. The molecule has 0 aromatic carbocycles. The van der Waals surface area contributed by atoms with Gasteiger partial charge >= 0.3 is 5.69 Å². The minimum atomic E-state index is -0.196. The highest BCUT2D eigenvalue weighted by Crippen LogP contribution is 2.12. The van der Waals surface area contributed by atoms with Gasteiger partial charge < -0.3 is 4.74 Å². The number of hydrogen-bond acceptors (Lipinski definition) is 3. The second kappa shape index (κ2) is 3.33. The van der Waals surface area contributed by atoms with Crippen molar-refractivity contribution in [3.05, 3.63) is 16.8 Å². The zero-order chi connectivity index (χ0) is 9.26. The summed E-state index contributed by atoms with van der Waals surface area (Å²) >= 11 is 0. The summed E-state index contributed by atoms with van der Waals surface area (Å²) in [6.07, 6.45) is 3.85. The molecule has 13 heavy (non-hydrogen) atoms. The van der Waals surface area contributed by atoms with Crippen molar-refractivity contribution >= 4 is 0 Å². The molecule has 0 spiro atoms. The summed E-state index contributed by atoms with van der Waals surface area (Å²) in [7, 11) is 1.81. The molecule has 1 aromatic heterocycles. The molecule has 0 N–H and O–H groups in total. The van der Waals surface area contributed by atoms with Gasteiger partial charge in [0.05, 0.1) is 12.6 Å². The molecule has 0 aliphatic carbocycles. The van der Waals surface area contributed by atoms with Crippen molar-refractivity contribution < 1.29 is 4.74 Å². The molecule has 1 aliphatic rings. The second-order valence-electron chi connectivity index (χ2n) is 3.32. The van der Waals surface area contributed by atoms with E-state index in [4.69, 9.17) is 4.74 Å². The number of ether oxygens (including phenoxy) is 1. The van der Waals surface area contributed by atoms with Crippen LogP contribution in [0.15, 0.2) is 11.1 Å². The van der Waals surface area contributed by atoms with Gasteiger partial charge in [-0.25, -0.2) is 9.48 Å². The lowest BCUT2D eigenvalue weighted by atomic mass is 10.2. The first kappa shape index (κ1) is 8.50. The van der Waals surface area contributed by atoms with Gasteiger partial charge in [-0.1, -0.05) is 0 Å². The van der Waals surface area contributed by atoms with Crippen molar-refractivity contribution in [2.24, 2.45) is 7.05 Å². The van der Waals surface area contributed by atoms with Crippen molar-refractivity contribution in [3.8, 4) is 0 Å². The van der Waals surface area contributed by atoms with E-state index >= 15 is 0 Å². The second-order valence-corrected chi connectivity index (χ2v) is 3.32. The zero-order valence-corrected chi connectivity index (χ0v) is 7.64. The van der Waals surface area contributed by atoms with Gasteiger partial charge in [0.2, 0.25) is 0 Å². The molecule has 0 radical (unpaired) electrons. The van der Waals surface area contributed by atoms with E-state index < -0.39 is 0 Å². The maximum atomic E-state index is 11.2. The average molecular weight is 183 g/mol. The fourth-order valence-electron chi connectivity index (χ4n) is 1.58. The zero-order valence-electron chi connectivity index (χ0n) is 7.64. The minimum Gasteiger partial charge on any atom is -0.376 e. The Morgan fingerprint density at radius 2 is 2.62 bits per heavy atom. The average Bonchev–Trinajstić information content (AvgIpc) is 2.70. The first-order valence-corrected chi connectivity index (χ1v) is 4.47. The molecule has 0 unspecified atom stereocenters. The topological polar surface area (TPSA) is 49.0 Å². The van der Waals surface area contributed by atoms with Crippen LogP contribution in [0, 0.1) is 0 Å². The molecule has 5 nitrogen and oxygen atoms in total. The lowest BCUT2D eigenvalue weighted by Crippen LogP contribution is -2.28. The third kappa shape index (κ3) is 1.65. The molecule has 0 saturated carbocycles. The first-order chi connectivity index (χ1) is 6.27. The van der Waals surface area contributed by atoms with E-state index in [2.05, 4.69) is 4.98 Å². The van der Waals surface area contributed by atoms with E-state index in [-0.39, 0.29) is 11.8 Å². The first-order valence-electron chi connectivity index (χ1n) is 4.47. The molecule has 1 aliphatic heterocycles. The summed E-state index contributed by atoms with van der Waals surface area (Å²) < 4.78 is 8.73. The van der Waals surface area contributed by atoms with E-state index in [9.17, 15) is 4.79 Å². The summed E-state index contributed by atoms with van der Waals surface area (Å²) in [5, 5.41) is 0. The number of nitrogens with zero attached hydrogens (tertiary/aromatic N) is 3. The highest BCUT2D eigenvalue weighted by Gasteiger charge is 2.17. The highest BCUT2D eigenvalue weighted by atomic mass is 16.5. The van der Waals surface area contributed by atoms with Gasteiger partial charge in [-0.15, -0.1) is 0 Å². The Labute approximate surface area is 75.9 Å². The molecule has 2 rings (SSSR count). The van der Waals surface area contributed by atoms with Crippen molar-refractivity contribution in [3.63, 3.8) is 0 Å². The van der Waals surface area contributed by atoms with Crippen molar-refractivity contribution in [2.45, 2.75) is 25.5 Å². The van der Waals surface area contributed by atoms with Crippen LogP contribution in [0.1, 0.15) is 12.8 Å². The molecule has 1 atom stereocenters. The third-order valence-corrected chi connectivity index (χ3v) is 2.34. The van der Waals surface area contributed by atoms with Crippen LogP contribution >= 0.6 is 0 Å². The van der Waals surface area contributed by atoms with Gasteiger partial charge in [-0.05, 0) is 12.8 Å². The van der Waals surface area contributed by atoms with Crippen LogP contribution in [-0.4, -0.2) is 27.1 Å². The Kier molecular flexibility index (Phi) is 2.18. The molecular formula is C8H13N3O2. The van der Waals surface area contributed by atoms with E-state index in [1.54, 1.807) is 9.36 Å². The lowest BCUT2D eigenvalue weighted by molar-refractivity contribution is 0.0900. The summed E-state index contributed by atoms with van der Waals surface area (Å²) in [5.74, 6) is 0. The van der Waals surface area contributed by atoms with Gasteiger partial charge in [-0.2, -0.15) is 4.98 Å². The Bertz CT molecular complexity index is 335. The highest BCUT2D eigenvalue weighted by molar-refractivity contribution is 4.70. The molecule has 1 saturated heterocycles. The van der Waals surface area contributed by atoms with Gasteiger partial charge in [0.15, 0.2) is 0 Å². The SMILES string of the molecule is Cn1cnc(=O)n1C[C@H]1CCCO1. The van der Waals surface area contributed by atoms with Crippen LogP contribution in [0.3, 0.4) is 0 Å². The third-order valence-electron chi connectivity index (χ3n) is 2.34. The van der Waals surface area contributed by atoms with Gasteiger partial charge in [-0.3, -0.25) is 4.68 Å². The Morgan fingerprint density at radius 1 is 1.77 bits per heavy atom. The molecule has 1 aromatic rings.